The van der Waals surface area contributed by atoms with Gasteiger partial charge in [0.25, 0.3) is 0 Å². The number of aromatic nitrogens is 2. The van der Waals surface area contributed by atoms with Gasteiger partial charge in [0, 0.05) is 57.6 Å². The lowest BCUT2D eigenvalue weighted by atomic mass is 9.78. The Kier molecular flexibility index (Phi) is 6.87. The molecule has 1 aromatic heterocycles. The van der Waals surface area contributed by atoms with Crippen LogP contribution in [0, 0.1) is 0 Å². The highest BCUT2D eigenvalue weighted by Crippen LogP contribution is 2.34. The molecule has 1 unspecified atom stereocenters. The number of nitrogens with one attached hydrogen (secondary N) is 1. The maximum atomic E-state index is 4.94. The first-order chi connectivity index (χ1) is 12.8. The zero-order valence-corrected chi connectivity index (χ0v) is 18.0. The second-order valence-corrected chi connectivity index (χ2v) is 6.82. The number of halogens is 1. The van der Waals surface area contributed by atoms with Gasteiger partial charge in [-0.2, -0.15) is 0 Å². The molecule has 27 heavy (non-hydrogen) atoms. The van der Waals surface area contributed by atoms with Gasteiger partial charge in [-0.25, -0.2) is 9.97 Å². The number of hydrogen-bond donors (Lipinski definition) is 1. The fourth-order valence-corrected chi connectivity index (χ4v) is 3.72. The van der Waals surface area contributed by atoms with E-state index in [4.69, 9.17) is 4.99 Å². The number of guanidine groups is 1. The molecule has 0 spiro atoms. The van der Waals surface area contributed by atoms with Gasteiger partial charge in [-0.15, -0.1) is 24.0 Å². The zero-order chi connectivity index (χ0) is 17.8. The van der Waals surface area contributed by atoms with Gasteiger partial charge in [-0.05, 0) is 30.5 Å². The summed E-state index contributed by atoms with van der Waals surface area (Å²) in [6, 6.07) is 10.6. The summed E-state index contributed by atoms with van der Waals surface area (Å²) >= 11 is 0. The number of aliphatic imine (C=N–C) groups is 1. The molecule has 144 valence electrons. The molecule has 1 N–H and O–H groups in total. The Bertz CT molecular complexity index is 758. The molecule has 4 rings (SSSR count). The minimum Gasteiger partial charge on any atom is -0.357 e. The van der Waals surface area contributed by atoms with Crippen molar-refractivity contribution in [3.8, 4) is 0 Å². The molecular formula is C20H27IN6. The van der Waals surface area contributed by atoms with Crippen LogP contribution >= 0.6 is 24.0 Å². The van der Waals surface area contributed by atoms with E-state index in [0.29, 0.717) is 5.92 Å². The summed E-state index contributed by atoms with van der Waals surface area (Å²) < 4.78 is 0. The van der Waals surface area contributed by atoms with Crippen molar-refractivity contribution in [2.24, 2.45) is 4.99 Å². The largest absolute Gasteiger partial charge is 0.357 e. The third-order valence-corrected chi connectivity index (χ3v) is 5.17. The average molecular weight is 478 g/mol. The van der Waals surface area contributed by atoms with E-state index in [-0.39, 0.29) is 24.0 Å². The summed E-state index contributed by atoms with van der Waals surface area (Å²) in [5.41, 5.74) is 2.95. The lowest BCUT2D eigenvalue weighted by Crippen LogP contribution is -2.53. The van der Waals surface area contributed by atoms with Gasteiger partial charge in [0.2, 0.25) is 5.95 Å². The molecule has 1 saturated heterocycles. The summed E-state index contributed by atoms with van der Waals surface area (Å²) in [7, 11) is 0. The van der Waals surface area contributed by atoms with Crippen LogP contribution in [0.5, 0.6) is 0 Å². The van der Waals surface area contributed by atoms with Crippen LogP contribution in [0.4, 0.5) is 5.95 Å². The van der Waals surface area contributed by atoms with E-state index in [1.165, 1.54) is 11.1 Å². The molecule has 1 aliphatic carbocycles. The van der Waals surface area contributed by atoms with Crippen molar-refractivity contribution >= 4 is 35.9 Å². The van der Waals surface area contributed by atoms with Crippen LogP contribution in [-0.4, -0.2) is 60.1 Å². The van der Waals surface area contributed by atoms with Gasteiger partial charge in [0.15, 0.2) is 5.96 Å². The van der Waals surface area contributed by atoms with Crippen LogP contribution in [0.15, 0.2) is 47.7 Å². The van der Waals surface area contributed by atoms with Gasteiger partial charge >= 0.3 is 0 Å². The predicted octanol–water partition coefficient (Wildman–Crippen LogP) is 2.52. The van der Waals surface area contributed by atoms with Gasteiger partial charge in [-0.3, -0.25) is 4.99 Å². The molecule has 6 nitrogen and oxygen atoms in total. The second kappa shape index (κ2) is 9.34. The lowest BCUT2D eigenvalue weighted by Gasteiger charge is -2.37. The van der Waals surface area contributed by atoms with Crippen LogP contribution in [-0.2, 0) is 6.42 Å². The van der Waals surface area contributed by atoms with E-state index in [9.17, 15) is 0 Å². The predicted molar refractivity (Wildman–Crippen MR) is 120 cm³/mol. The third kappa shape index (κ3) is 4.51. The van der Waals surface area contributed by atoms with E-state index < -0.39 is 0 Å². The summed E-state index contributed by atoms with van der Waals surface area (Å²) in [4.78, 5) is 18.2. The van der Waals surface area contributed by atoms with Crippen LogP contribution < -0.4 is 10.2 Å². The molecule has 0 bridgehead atoms. The van der Waals surface area contributed by atoms with Gasteiger partial charge in [0.1, 0.15) is 0 Å². The average Bonchev–Trinajstić information content (AvgIpc) is 2.69. The number of anilines is 1. The highest BCUT2D eigenvalue weighted by Gasteiger charge is 2.26. The van der Waals surface area contributed by atoms with E-state index in [0.717, 1.165) is 57.6 Å². The van der Waals surface area contributed by atoms with E-state index in [1.54, 1.807) is 12.4 Å². The van der Waals surface area contributed by atoms with E-state index in [2.05, 4.69) is 56.3 Å². The van der Waals surface area contributed by atoms with Crippen molar-refractivity contribution in [2.45, 2.75) is 19.3 Å². The van der Waals surface area contributed by atoms with Crippen LogP contribution in [0.3, 0.4) is 0 Å². The molecule has 0 amide bonds. The molecule has 1 fully saturated rings. The Morgan fingerprint density at radius 2 is 1.85 bits per heavy atom. The Labute approximate surface area is 178 Å². The third-order valence-electron chi connectivity index (χ3n) is 5.17. The number of hydrogen-bond acceptors (Lipinski definition) is 4. The quantitative estimate of drug-likeness (QED) is 0.416. The molecule has 2 heterocycles. The molecular weight excluding hydrogens is 451 g/mol. The highest BCUT2D eigenvalue weighted by molar-refractivity contribution is 14.0. The summed E-state index contributed by atoms with van der Waals surface area (Å²) in [5.74, 6) is 2.42. The first-order valence-corrected chi connectivity index (χ1v) is 9.48. The second-order valence-electron chi connectivity index (χ2n) is 6.82. The summed E-state index contributed by atoms with van der Waals surface area (Å²) in [6.07, 6.45) is 4.76. The topological polar surface area (TPSA) is 56.7 Å². The number of piperazine rings is 1. The van der Waals surface area contributed by atoms with Gasteiger partial charge in [-0.1, -0.05) is 24.3 Å². The molecule has 0 saturated carbocycles. The van der Waals surface area contributed by atoms with Crippen LogP contribution in [0.25, 0.3) is 0 Å². The first kappa shape index (κ1) is 19.9. The maximum Gasteiger partial charge on any atom is 0.225 e. The molecule has 1 atom stereocenters. The highest BCUT2D eigenvalue weighted by atomic mass is 127. The minimum absolute atomic E-state index is 0. The fourth-order valence-electron chi connectivity index (χ4n) is 3.72. The van der Waals surface area contributed by atoms with Crippen molar-refractivity contribution in [1.82, 2.24) is 20.2 Å². The maximum absolute atomic E-state index is 4.94. The summed E-state index contributed by atoms with van der Waals surface area (Å²) in [5, 5.41) is 3.46. The van der Waals surface area contributed by atoms with Crippen LogP contribution in [0.1, 0.15) is 24.0 Å². The van der Waals surface area contributed by atoms with Crippen molar-refractivity contribution in [3.05, 3.63) is 53.9 Å². The molecule has 0 radical (unpaired) electrons. The van der Waals surface area contributed by atoms with Crippen molar-refractivity contribution in [1.29, 1.82) is 0 Å². The van der Waals surface area contributed by atoms with E-state index in [1.807, 2.05) is 6.07 Å². The minimum atomic E-state index is 0. The molecule has 2 aromatic rings. The lowest BCUT2D eigenvalue weighted by molar-refractivity contribution is 0.369. The number of nitrogens with zero attached hydrogens (tertiary/aromatic N) is 5. The van der Waals surface area contributed by atoms with Crippen LogP contribution in [0.2, 0.25) is 0 Å². The molecule has 1 aromatic carbocycles. The first-order valence-electron chi connectivity index (χ1n) is 9.48. The SMILES string of the molecule is CCNC(=NCC1Cc2ccccc21)N1CCN(c2ncccn2)CC1.I. The Morgan fingerprint density at radius 3 is 2.56 bits per heavy atom. The van der Waals surface area contributed by atoms with Crippen molar-refractivity contribution in [2.75, 3.05) is 44.2 Å². The monoisotopic (exact) mass is 478 g/mol. The molecule has 2 aliphatic rings. The normalized spacial score (nSPS) is 19.0. The van der Waals surface area contributed by atoms with Gasteiger partial charge in [0.05, 0.1) is 0 Å². The van der Waals surface area contributed by atoms with Gasteiger partial charge < -0.3 is 15.1 Å². The number of rotatable bonds is 4. The molecule has 1 aliphatic heterocycles. The fraction of sp³-hybridized carbons (Fsp3) is 0.450. The zero-order valence-electron chi connectivity index (χ0n) is 15.7. The Balaban J connectivity index is 0.00000210. The number of benzene rings is 1. The standard InChI is InChI=1S/C20H26N6.HI/c1-2-21-19(24-15-17-14-16-6-3-4-7-18(16)17)25-10-12-26(13-11-25)20-22-8-5-9-23-20;/h3-9,17H,2,10-15H2,1H3,(H,21,24);1H. The smallest absolute Gasteiger partial charge is 0.225 e. The Hall–Kier alpha value is -1.90. The van der Waals surface area contributed by atoms with Crippen molar-refractivity contribution in [3.63, 3.8) is 0 Å². The molecule has 7 heteroatoms. The van der Waals surface area contributed by atoms with Crippen molar-refractivity contribution < 1.29 is 0 Å². The number of fused-ring (bicyclic) bond motifs is 1. The summed E-state index contributed by atoms with van der Waals surface area (Å²) in [6.45, 7) is 7.59. The van der Waals surface area contributed by atoms with E-state index >= 15 is 0 Å². The Morgan fingerprint density at radius 1 is 1.11 bits per heavy atom.